The van der Waals surface area contributed by atoms with Crippen LogP contribution >= 0.6 is 23.2 Å². The summed E-state index contributed by atoms with van der Waals surface area (Å²) in [5.74, 6) is 0.524. The fourth-order valence-corrected chi connectivity index (χ4v) is 3.91. The van der Waals surface area contributed by atoms with Crippen LogP contribution in [-0.2, 0) is 0 Å². The molecule has 1 atom stereocenters. The van der Waals surface area contributed by atoms with Crippen LogP contribution in [0.5, 0.6) is 11.6 Å². The van der Waals surface area contributed by atoms with Gasteiger partial charge in [-0.2, -0.15) is 5.26 Å². The van der Waals surface area contributed by atoms with Crippen LogP contribution in [0.3, 0.4) is 0 Å². The molecule has 0 aliphatic carbocycles. The van der Waals surface area contributed by atoms with Gasteiger partial charge in [0.2, 0.25) is 11.8 Å². The molecule has 6 nitrogen and oxygen atoms in total. The van der Waals surface area contributed by atoms with Crippen LogP contribution in [-0.4, -0.2) is 16.8 Å². The molecule has 2 aromatic carbocycles. The highest BCUT2D eigenvalue weighted by atomic mass is 35.5. The Morgan fingerprint density at radius 3 is 2.66 bits per heavy atom. The number of nitrogens with one attached hydrogen (secondary N) is 1. The molecule has 3 N–H and O–H groups in total. The number of aromatic amines is 1. The van der Waals surface area contributed by atoms with E-state index in [9.17, 15) is 5.26 Å². The second-order valence-corrected chi connectivity index (χ2v) is 7.21. The molecule has 0 spiro atoms. The van der Waals surface area contributed by atoms with E-state index >= 15 is 0 Å². The van der Waals surface area contributed by atoms with Crippen molar-refractivity contribution >= 4 is 23.2 Å². The number of hydrogen-bond acceptors (Lipinski definition) is 5. The number of ether oxygens (including phenoxy) is 2. The highest BCUT2D eigenvalue weighted by Crippen LogP contribution is 2.47. The number of fused-ring (bicyclic) bond motifs is 1. The summed E-state index contributed by atoms with van der Waals surface area (Å²) in [4.78, 5) is 0. The van der Waals surface area contributed by atoms with E-state index in [0.717, 1.165) is 11.3 Å². The van der Waals surface area contributed by atoms with Crippen LogP contribution in [0.15, 0.2) is 53.9 Å². The Hall–Kier alpha value is -3.14. The molecule has 0 saturated carbocycles. The average Bonchev–Trinajstić information content (AvgIpc) is 3.11. The number of rotatable bonds is 4. The molecule has 0 amide bonds. The molecule has 146 valence electrons. The molecule has 0 radical (unpaired) electrons. The maximum atomic E-state index is 9.77. The van der Waals surface area contributed by atoms with Crippen molar-refractivity contribution in [2.45, 2.75) is 12.8 Å². The Balaban J connectivity index is 1.89. The molecule has 4 rings (SSSR count). The largest absolute Gasteiger partial charge is 0.494 e. The fraction of sp³-hybridized carbons (Fsp3) is 0.143. The lowest BCUT2D eigenvalue weighted by molar-refractivity contribution is 0.340. The summed E-state index contributed by atoms with van der Waals surface area (Å²) in [6.45, 7) is 2.51. The number of H-pyrrole nitrogens is 1. The van der Waals surface area contributed by atoms with Crippen molar-refractivity contribution in [1.29, 1.82) is 5.26 Å². The lowest BCUT2D eigenvalue weighted by Gasteiger charge is -2.25. The van der Waals surface area contributed by atoms with E-state index in [4.69, 9.17) is 38.4 Å². The Labute approximate surface area is 177 Å². The first-order chi connectivity index (χ1) is 14.0. The van der Waals surface area contributed by atoms with Crippen molar-refractivity contribution in [3.05, 3.63) is 75.1 Å². The van der Waals surface area contributed by atoms with Crippen molar-refractivity contribution < 1.29 is 9.47 Å². The number of nitrogens with two attached hydrogens (primary N) is 1. The number of allylic oxidation sites excluding steroid dienone is 1. The van der Waals surface area contributed by atoms with E-state index < -0.39 is 5.92 Å². The van der Waals surface area contributed by atoms with Crippen molar-refractivity contribution in [3.63, 3.8) is 0 Å². The van der Waals surface area contributed by atoms with Gasteiger partial charge in [0, 0.05) is 15.6 Å². The summed E-state index contributed by atoms with van der Waals surface area (Å²) in [6.07, 6.45) is 0. The summed E-state index contributed by atoms with van der Waals surface area (Å²) < 4.78 is 11.1. The van der Waals surface area contributed by atoms with Crippen molar-refractivity contribution in [2.24, 2.45) is 5.73 Å². The van der Waals surface area contributed by atoms with Gasteiger partial charge in [0.25, 0.3) is 0 Å². The molecule has 1 aliphatic rings. The third kappa shape index (κ3) is 3.39. The minimum atomic E-state index is -0.547. The zero-order valence-electron chi connectivity index (χ0n) is 15.4. The normalized spacial score (nSPS) is 15.4. The minimum absolute atomic E-state index is 0.000704. The van der Waals surface area contributed by atoms with Gasteiger partial charge in [0.05, 0.1) is 23.8 Å². The summed E-state index contributed by atoms with van der Waals surface area (Å²) in [5.41, 5.74) is 9.21. The molecule has 0 bridgehead atoms. The number of nitriles is 1. The second kappa shape index (κ2) is 7.70. The highest BCUT2D eigenvalue weighted by Gasteiger charge is 2.36. The first-order valence-corrected chi connectivity index (χ1v) is 9.63. The van der Waals surface area contributed by atoms with E-state index in [1.165, 1.54) is 0 Å². The van der Waals surface area contributed by atoms with Crippen LogP contribution in [0.2, 0.25) is 10.0 Å². The molecule has 29 heavy (non-hydrogen) atoms. The SMILES string of the molecule is CCOc1ccc(-c2[nH]nc3c2[C@H](c2ccc(Cl)cc2Cl)C(C#N)=C(N)O3)cc1. The number of benzene rings is 2. The minimum Gasteiger partial charge on any atom is -0.494 e. The lowest BCUT2D eigenvalue weighted by atomic mass is 9.83. The monoisotopic (exact) mass is 426 g/mol. The Morgan fingerprint density at radius 1 is 1.24 bits per heavy atom. The van der Waals surface area contributed by atoms with E-state index in [-0.39, 0.29) is 11.5 Å². The first kappa shape index (κ1) is 19.2. The molecular weight excluding hydrogens is 411 g/mol. The zero-order valence-corrected chi connectivity index (χ0v) is 16.9. The maximum absolute atomic E-state index is 9.77. The van der Waals surface area contributed by atoms with Crippen molar-refractivity contribution in [3.8, 4) is 29.0 Å². The van der Waals surface area contributed by atoms with Gasteiger partial charge >= 0.3 is 0 Å². The Morgan fingerprint density at radius 2 is 2.00 bits per heavy atom. The van der Waals surface area contributed by atoms with Crippen LogP contribution in [0, 0.1) is 11.3 Å². The molecule has 2 heterocycles. The molecule has 0 fully saturated rings. The van der Waals surface area contributed by atoms with Crippen LogP contribution < -0.4 is 15.2 Å². The van der Waals surface area contributed by atoms with Gasteiger partial charge in [-0.05, 0) is 48.9 Å². The predicted octanol–water partition coefficient (Wildman–Crippen LogP) is 5.00. The van der Waals surface area contributed by atoms with E-state index in [1.807, 2.05) is 31.2 Å². The van der Waals surface area contributed by atoms with Gasteiger partial charge in [0.1, 0.15) is 17.4 Å². The molecule has 1 aromatic heterocycles. The third-order valence-corrected chi connectivity index (χ3v) is 5.23. The van der Waals surface area contributed by atoms with Gasteiger partial charge in [-0.1, -0.05) is 29.3 Å². The predicted molar refractivity (Wildman–Crippen MR) is 111 cm³/mol. The van der Waals surface area contributed by atoms with Gasteiger partial charge in [-0.25, -0.2) is 0 Å². The Kier molecular flexibility index (Phi) is 5.10. The standard InChI is InChI=1S/C21H16Cl2N4O2/c1-2-28-13-6-3-11(4-7-13)19-18-17(14-8-5-12(22)9-16(14)23)15(10-24)20(25)29-21(18)27-26-19/h3-9,17H,2,25H2,1H3,(H,26,27)/t17-/m1/s1. The van der Waals surface area contributed by atoms with Crippen LogP contribution in [0.1, 0.15) is 24.0 Å². The van der Waals surface area contributed by atoms with Crippen LogP contribution in [0.4, 0.5) is 0 Å². The summed E-state index contributed by atoms with van der Waals surface area (Å²) in [7, 11) is 0. The highest BCUT2D eigenvalue weighted by molar-refractivity contribution is 6.35. The Bertz CT molecular complexity index is 1150. The molecule has 0 saturated heterocycles. The maximum Gasteiger partial charge on any atom is 0.244 e. The molecule has 3 aromatic rings. The molecule has 1 aliphatic heterocycles. The van der Waals surface area contributed by atoms with Gasteiger partial charge in [-0.15, -0.1) is 5.10 Å². The fourth-order valence-electron chi connectivity index (χ4n) is 3.40. The molecule has 0 unspecified atom stereocenters. The number of aromatic nitrogens is 2. The second-order valence-electron chi connectivity index (χ2n) is 6.37. The number of hydrogen-bond donors (Lipinski definition) is 2. The smallest absolute Gasteiger partial charge is 0.244 e. The van der Waals surface area contributed by atoms with E-state index in [2.05, 4.69) is 16.3 Å². The quantitative estimate of drug-likeness (QED) is 0.611. The van der Waals surface area contributed by atoms with E-state index in [0.29, 0.717) is 39.4 Å². The van der Waals surface area contributed by atoms with E-state index in [1.54, 1.807) is 18.2 Å². The van der Waals surface area contributed by atoms with Gasteiger partial charge in [0.15, 0.2) is 0 Å². The number of halogens is 2. The van der Waals surface area contributed by atoms with Crippen molar-refractivity contribution in [1.82, 2.24) is 10.2 Å². The summed E-state index contributed by atoms with van der Waals surface area (Å²) in [5, 5.41) is 18.0. The average molecular weight is 427 g/mol. The number of nitrogens with zero attached hydrogens (tertiary/aromatic N) is 2. The van der Waals surface area contributed by atoms with Gasteiger partial charge < -0.3 is 15.2 Å². The topological polar surface area (TPSA) is 97.0 Å². The van der Waals surface area contributed by atoms with Crippen LogP contribution in [0.25, 0.3) is 11.3 Å². The van der Waals surface area contributed by atoms with Gasteiger partial charge in [-0.3, -0.25) is 5.10 Å². The molecule has 8 heteroatoms. The van der Waals surface area contributed by atoms with Crippen molar-refractivity contribution in [2.75, 3.05) is 6.61 Å². The summed E-state index contributed by atoms with van der Waals surface area (Å²) >= 11 is 12.5. The molecular formula is C21H16Cl2N4O2. The summed E-state index contributed by atoms with van der Waals surface area (Å²) in [6, 6.07) is 14.9. The third-order valence-electron chi connectivity index (χ3n) is 4.67. The first-order valence-electron chi connectivity index (χ1n) is 8.87. The zero-order chi connectivity index (χ0) is 20.5. The lowest BCUT2D eigenvalue weighted by Crippen LogP contribution is -2.21.